The summed E-state index contributed by atoms with van der Waals surface area (Å²) in [7, 11) is 0. The van der Waals surface area contributed by atoms with Crippen LogP contribution in [0, 0.1) is 12.8 Å². The SMILES string of the molecule is [2H]c1cn(C([2H])([2H])C2CCc3c(c4c([2H])c([2H])c([2H])c([2H])c4n3C([2H])([2H])[2H])C2=O)c(C([2H])([2H])[2H])n1. The Kier molecular flexibility index (Phi) is 1.18. The lowest BCUT2D eigenvalue weighted by Gasteiger charge is -2.23. The lowest BCUT2D eigenvalue weighted by Crippen LogP contribution is -2.27. The molecule has 3 aromatic rings. The van der Waals surface area contributed by atoms with Crippen LogP contribution in [0.5, 0.6) is 0 Å². The van der Waals surface area contributed by atoms with Gasteiger partial charge in [-0.1, -0.05) is 18.1 Å². The highest BCUT2D eigenvalue weighted by Gasteiger charge is 2.32. The standard InChI is InChI=1S/C18H19N3O/c1-12-19-9-10-21(12)11-13-7-8-16-17(18(13)22)14-5-3-4-6-15(14)20(16)2/h3-6,9-10,13H,7-8,11H2,1-2H3/i1D3,2D3,3D,4D,5D,6D,9D,11D2. The molecule has 0 saturated carbocycles. The van der Waals surface area contributed by atoms with Gasteiger partial charge in [-0.3, -0.25) is 4.79 Å². The van der Waals surface area contributed by atoms with E-state index in [-0.39, 0.29) is 35.0 Å². The third-order valence-corrected chi connectivity index (χ3v) is 3.81. The molecule has 2 aromatic heterocycles. The molecular formula is C18H19N3O. The maximum atomic E-state index is 13.7. The van der Waals surface area contributed by atoms with E-state index in [1.165, 1.54) is 0 Å². The van der Waals surface area contributed by atoms with Crippen molar-refractivity contribution in [3.8, 4) is 0 Å². The minimum atomic E-state index is -2.89. The van der Waals surface area contributed by atoms with Gasteiger partial charge < -0.3 is 9.13 Å². The molecule has 4 heteroatoms. The predicted molar refractivity (Wildman–Crippen MR) is 86.0 cm³/mol. The van der Waals surface area contributed by atoms with Crippen molar-refractivity contribution < 1.29 is 22.6 Å². The number of fused-ring (bicyclic) bond motifs is 3. The van der Waals surface area contributed by atoms with Gasteiger partial charge in [0, 0.05) is 62.1 Å². The lowest BCUT2D eigenvalue weighted by atomic mass is 9.85. The van der Waals surface area contributed by atoms with Crippen LogP contribution >= 0.6 is 0 Å². The molecule has 2 heterocycles. The van der Waals surface area contributed by atoms with Gasteiger partial charge in [-0.25, -0.2) is 4.98 Å². The van der Waals surface area contributed by atoms with Crippen molar-refractivity contribution in [3.05, 3.63) is 53.6 Å². The molecule has 1 aromatic carbocycles. The van der Waals surface area contributed by atoms with E-state index in [1.807, 2.05) is 0 Å². The Balaban J connectivity index is 2.00. The fraction of sp³-hybridized carbons (Fsp3) is 0.333. The van der Waals surface area contributed by atoms with Crippen molar-refractivity contribution in [2.45, 2.75) is 26.2 Å². The number of ketones is 1. The van der Waals surface area contributed by atoms with E-state index < -0.39 is 68.2 Å². The first-order valence-electron chi connectivity index (χ1n) is 13.2. The Bertz CT molecular complexity index is 1380. The molecule has 22 heavy (non-hydrogen) atoms. The van der Waals surface area contributed by atoms with Crippen LogP contribution in [0.15, 0.2) is 36.5 Å². The molecule has 1 aliphatic carbocycles. The number of carbonyl (C=O) groups excluding carboxylic acids is 1. The molecule has 4 rings (SSSR count). The summed E-state index contributed by atoms with van der Waals surface area (Å²) in [6, 6.07) is -2.62. The molecule has 0 aliphatic heterocycles. The number of hydrogen-bond donors (Lipinski definition) is 0. The topological polar surface area (TPSA) is 39.8 Å². The molecule has 1 atom stereocenters. The van der Waals surface area contributed by atoms with Crippen LogP contribution in [0.3, 0.4) is 0 Å². The van der Waals surface area contributed by atoms with E-state index in [0.717, 1.165) is 10.8 Å². The van der Waals surface area contributed by atoms with Gasteiger partial charge in [0.1, 0.15) is 5.82 Å². The van der Waals surface area contributed by atoms with Crippen molar-refractivity contribution in [1.82, 2.24) is 14.1 Å². The molecule has 0 radical (unpaired) electrons. The van der Waals surface area contributed by atoms with Crippen LogP contribution in [0.1, 0.15) is 46.1 Å². The number of Topliss-reactive ketones (excluding diaryl/α,β-unsaturated/α-hetero) is 1. The Morgan fingerprint density at radius 1 is 1.50 bits per heavy atom. The minimum absolute atomic E-state index is 0.0630. The molecule has 0 N–H and O–H groups in total. The number of nitrogens with zero attached hydrogens (tertiary/aromatic N) is 3. The van der Waals surface area contributed by atoms with Gasteiger partial charge in [0.2, 0.25) is 0 Å². The van der Waals surface area contributed by atoms with Gasteiger partial charge in [0.25, 0.3) is 0 Å². The van der Waals surface area contributed by atoms with Gasteiger partial charge in [-0.05, 0) is 25.7 Å². The smallest absolute Gasteiger partial charge is 0.170 e. The zero-order valence-corrected chi connectivity index (χ0v) is 11.3. The molecule has 0 spiro atoms. The average Bonchev–Trinajstić information content (AvgIpc) is 3.30. The van der Waals surface area contributed by atoms with Crippen molar-refractivity contribution in [1.29, 1.82) is 0 Å². The van der Waals surface area contributed by atoms with Gasteiger partial charge in [-0.15, -0.1) is 0 Å². The number of benzene rings is 1. The van der Waals surface area contributed by atoms with Crippen molar-refractivity contribution in [2.24, 2.45) is 12.9 Å². The van der Waals surface area contributed by atoms with Crippen molar-refractivity contribution in [2.75, 3.05) is 0 Å². The van der Waals surface area contributed by atoms with Crippen LogP contribution in [0.4, 0.5) is 0 Å². The third kappa shape index (κ3) is 1.83. The van der Waals surface area contributed by atoms with Crippen LogP contribution in [0.25, 0.3) is 10.9 Å². The number of hydrogen-bond acceptors (Lipinski definition) is 2. The van der Waals surface area contributed by atoms with E-state index in [2.05, 4.69) is 4.98 Å². The van der Waals surface area contributed by atoms with Gasteiger partial charge in [-0.2, -0.15) is 0 Å². The average molecular weight is 306 g/mol. The lowest BCUT2D eigenvalue weighted by molar-refractivity contribution is 0.0888. The quantitative estimate of drug-likeness (QED) is 0.730. The normalized spacial score (nSPS) is 28.3. The molecule has 1 aliphatic rings. The minimum Gasteiger partial charge on any atom is -0.347 e. The number of aryl methyl sites for hydroxylation is 2. The second-order valence-corrected chi connectivity index (χ2v) is 5.03. The maximum absolute atomic E-state index is 13.7. The summed E-state index contributed by atoms with van der Waals surface area (Å²) in [6.45, 7) is -8.47. The Hall–Kier alpha value is -2.36. The highest BCUT2D eigenvalue weighted by molar-refractivity contribution is 6.11. The summed E-state index contributed by atoms with van der Waals surface area (Å²) in [4.78, 5) is 17.3. The number of para-hydroxylation sites is 1. The van der Waals surface area contributed by atoms with Crippen LogP contribution in [-0.4, -0.2) is 19.9 Å². The number of rotatable bonds is 2. The first-order chi connectivity index (χ1) is 15.9. The summed E-state index contributed by atoms with van der Waals surface area (Å²) >= 11 is 0. The second kappa shape index (κ2) is 4.83. The molecule has 0 amide bonds. The predicted octanol–water partition coefficient (Wildman–Crippen LogP) is 3.13. The summed E-state index contributed by atoms with van der Waals surface area (Å²) < 4.78 is 106. The van der Waals surface area contributed by atoms with E-state index >= 15 is 0 Å². The number of imidazole rings is 1. The highest BCUT2D eigenvalue weighted by Crippen LogP contribution is 2.34. The van der Waals surface area contributed by atoms with Gasteiger partial charge in [0.05, 0.1) is 9.60 Å². The van der Waals surface area contributed by atoms with Crippen LogP contribution < -0.4 is 0 Å². The van der Waals surface area contributed by atoms with E-state index in [1.54, 1.807) is 0 Å². The molecule has 4 nitrogen and oxygen atoms in total. The van der Waals surface area contributed by atoms with Crippen LogP contribution in [-0.2, 0) is 19.9 Å². The molecule has 0 saturated heterocycles. The first-order valence-corrected chi connectivity index (χ1v) is 6.66. The third-order valence-electron chi connectivity index (χ3n) is 3.81. The number of carbonyl (C=O) groups is 1. The van der Waals surface area contributed by atoms with Crippen LogP contribution in [0.2, 0.25) is 0 Å². The molecule has 0 bridgehead atoms. The molecule has 0 fully saturated rings. The first kappa shape index (κ1) is 5.37. The Labute approximate surface area is 147 Å². The number of aromatic nitrogens is 3. The highest BCUT2D eigenvalue weighted by atomic mass is 16.1. The fourth-order valence-corrected chi connectivity index (χ4v) is 2.79. The zero-order chi connectivity index (χ0) is 26.4. The maximum Gasteiger partial charge on any atom is 0.170 e. The largest absolute Gasteiger partial charge is 0.347 e. The van der Waals surface area contributed by atoms with Crippen molar-refractivity contribution >= 4 is 16.7 Å². The van der Waals surface area contributed by atoms with E-state index in [9.17, 15) is 4.79 Å². The summed E-state index contributed by atoms with van der Waals surface area (Å²) in [5.41, 5.74) is -0.772. The Morgan fingerprint density at radius 2 is 2.41 bits per heavy atom. The molecular weight excluding hydrogens is 274 g/mol. The van der Waals surface area contributed by atoms with Gasteiger partial charge in [0.15, 0.2) is 5.78 Å². The fourth-order valence-electron chi connectivity index (χ4n) is 2.79. The van der Waals surface area contributed by atoms with Gasteiger partial charge >= 0.3 is 0 Å². The van der Waals surface area contributed by atoms with E-state index in [0.29, 0.717) is 4.57 Å². The summed E-state index contributed by atoms with van der Waals surface area (Å²) in [5, 5.41) is -0.324. The molecule has 1 unspecified atom stereocenters. The summed E-state index contributed by atoms with van der Waals surface area (Å²) in [6.07, 6.45) is -0.0533. The van der Waals surface area contributed by atoms with Crippen molar-refractivity contribution in [3.63, 3.8) is 0 Å². The zero-order valence-electron chi connectivity index (χ0n) is 24.3. The summed E-state index contributed by atoms with van der Waals surface area (Å²) in [5.74, 6) is -3.19. The monoisotopic (exact) mass is 306 g/mol. The molecule has 112 valence electrons. The Morgan fingerprint density at radius 3 is 3.27 bits per heavy atom. The van der Waals surface area contributed by atoms with E-state index in [4.69, 9.17) is 17.8 Å². The second-order valence-electron chi connectivity index (χ2n) is 5.03.